The van der Waals surface area contributed by atoms with Gasteiger partial charge in [0.05, 0.1) is 0 Å². The average molecular weight is 772 g/mol. The molecule has 214 valence electrons. The van der Waals surface area contributed by atoms with Crippen molar-refractivity contribution in [3.05, 3.63) is 12.1 Å². The number of fused-ring (bicyclic) bond motifs is 2. The van der Waals surface area contributed by atoms with E-state index < -0.39 is 36.8 Å². The van der Waals surface area contributed by atoms with E-state index in [1.807, 2.05) is 22.7 Å². The molecule has 6 heteroatoms. The van der Waals surface area contributed by atoms with Crippen molar-refractivity contribution in [1.82, 2.24) is 0 Å². The van der Waals surface area contributed by atoms with Crippen molar-refractivity contribution in [2.24, 2.45) is 11.8 Å². The Morgan fingerprint density at radius 2 is 1.00 bits per heavy atom. The minimum atomic E-state index is -2.28. The van der Waals surface area contributed by atoms with Crippen molar-refractivity contribution in [2.45, 2.75) is 109 Å². The summed E-state index contributed by atoms with van der Waals surface area (Å²) in [5.74, 6) is 3.56. The van der Waals surface area contributed by atoms with Gasteiger partial charge in [-0.05, 0) is 0 Å². The van der Waals surface area contributed by atoms with Gasteiger partial charge in [0.2, 0.25) is 0 Å². The molecule has 0 spiro atoms. The monoisotopic (exact) mass is 774 g/mol. The van der Waals surface area contributed by atoms with Gasteiger partial charge in [-0.15, -0.1) is 0 Å². The molecule has 2 atom stereocenters. The summed E-state index contributed by atoms with van der Waals surface area (Å²) in [6.07, 6.45) is 9.99. The topological polar surface area (TPSA) is 18.5 Å². The van der Waals surface area contributed by atoms with Crippen LogP contribution in [0.15, 0.2) is 12.1 Å². The van der Waals surface area contributed by atoms with Crippen molar-refractivity contribution in [1.29, 1.82) is 0 Å². The molecule has 0 saturated carbocycles. The van der Waals surface area contributed by atoms with Gasteiger partial charge in [-0.3, -0.25) is 0 Å². The molecule has 38 heavy (non-hydrogen) atoms. The van der Waals surface area contributed by atoms with Crippen LogP contribution in [0, 0.1) is 11.8 Å². The summed E-state index contributed by atoms with van der Waals surface area (Å²) >= 11 is -0.525. The predicted molar refractivity (Wildman–Crippen MR) is 181 cm³/mol. The first-order valence-electron chi connectivity index (χ1n) is 15.2. The van der Waals surface area contributed by atoms with Crippen molar-refractivity contribution in [3.8, 4) is 11.5 Å². The molecule has 0 fully saturated rings. The van der Waals surface area contributed by atoms with Crippen molar-refractivity contribution in [3.63, 3.8) is 0 Å². The zero-order valence-electron chi connectivity index (χ0n) is 26.0. The molecule has 0 aliphatic rings. The molecule has 0 aliphatic heterocycles. The molecule has 0 N–H and O–H groups in total. The van der Waals surface area contributed by atoms with Crippen LogP contribution in [0.5, 0.6) is 11.5 Å². The summed E-state index contributed by atoms with van der Waals surface area (Å²) in [5.41, 5.74) is 0. The van der Waals surface area contributed by atoms with Crippen LogP contribution in [0.2, 0.25) is 29.6 Å². The third-order valence-electron chi connectivity index (χ3n) is 7.86. The van der Waals surface area contributed by atoms with E-state index >= 15 is 0 Å². The number of ether oxygens (including phenoxy) is 2. The molecule has 0 saturated heterocycles. The van der Waals surface area contributed by atoms with Crippen LogP contribution < -0.4 is 15.3 Å². The fourth-order valence-corrected chi connectivity index (χ4v) is 17.7. The Kier molecular flexibility index (Phi) is 12.5. The van der Waals surface area contributed by atoms with Crippen LogP contribution in [0.1, 0.15) is 79.1 Å². The first-order chi connectivity index (χ1) is 17.9. The first kappa shape index (κ1) is 32.8. The van der Waals surface area contributed by atoms with Gasteiger partial charge in [0.1, 0.15) is 0 Å². The summed E-state index contributed by atoms with van der Waals surface area (Å²) in [6.45, 7) is 10.9. The molecule has 0 amide bonds. The van der Waals surface area contributed by atoms with Gasteiger partial charge in [0.25, 0.3) is 0 Å². The second-order valence-electron chi connectivity index (χ2n) is 13.3. The zero-order valence-corrected chi connectivity index (χ0v) is 33.4. The molecule has 3 rings (SSSR count). The standard InChI is InChI=1S/C26H36O2S2.6CH3.2Sn/c1-5-9-11-19(7-3)17-27-23-21-13-15-30-26(21)24(22-14-16-29-25(22)23)28-18-20(8-4)12-10-6-2;;;;;;;;/h13-14,19-20H,5-12,17-18H2,1-4H3;6*1H3;;/t19-,20-;;;;;;;;/m1......../s1. The van der Waals surface area contributed by atoms with Crippen molar-refractivity contribution in [2.75, 3.05) is 13.2 Å². The van der Waals surface area contributed by atoms with E-state index in [2.05, 4.69) is 69.5 Å². The molecular formula is C32H54O2S2Sn2. The van der Waals surface area contributed by atoms with Crippen molar-refractivity contribution >= 4 is 85.4 Å². The Hall–Kier alpha value is 0.337. The van der Waals surface area contributed by atoms with Crippen LogP contribution >= 0.6 is 22.7 Å². The number of hydrogen-bond acceptors (Lipinski definition) is 4. The van der Waals surface area contributed by atoms with E-state index in [1.54, 1.807) is 5.79 Å². The minimum absolute atomic E-state index is 0.626. The Morgan fingerprint density at radius 3 is 1.29 bits per heavy atom. The molecule has 1 aromatic carbocycles. The van der Waals surface area contributed by atoms with Gasteiger partial charge in [-0.25, -0.2) is 0 Å². The van der Waals surface area contributed by atoms with E-state index in [0.717, 1.165) is 24.7 Å². The normalized spacial score (nSPS) is 14.4. The zero-order chi connectivity index (χ0) is 28.1. The van der Waals surface area contributed by atoms with Gasteiger partial charge < -0.3 is 0 Å². The third kappa shape index (κ3) is 8.21. The van der Waals surface area contributed by atoms with Crippen LogP contribution in [0.25, 0.3) is 20.2 Å². The van der Waals surface area contributed by atoms with E-state index in [0.29, 0.717) is 11.8 Å². The SMILES string of the molecule is CCCC[C@@H](CC)COc1c2c[c]([Sn]([CH3])([CH3])[CH3])sc2c(OC[C@H](CC)CCCC)c2c[c]([Sn]([CH3])([CH3])[CH3])sc12. The number of hydrogen-bond donors (Lipinski definition) is 0. The molecule has 0 aliphatic carbocycles. The maximum absolute atomic E-state index is 6.90. The predicted octanol–water partition coefficient (Wildman–Crippen LogP) is 10.4. The molecule has 3 aromatic rings. The first-order valence-corrected chi connectivity index (χ1v) is 36.8. The molecule has 0 radical (unpaired) electrons. The van der Waals surface area contributed by atoms with E-state index in [9.17, 15) is 0 Å². The Bertz CT molecular complexity index is 1020. The maximum atomic E-state index is 6.90. The number of thiophene rings is 2. The van der Waals surface area contributed by atoms with E-state index in [4.69, 9.17) is 9.47 Å². The summed E-state index contributed by atoms with van der Waals surface area (Å²) in [6, 6.07) is 5.03. The fraction of sp³-hybridized carbons (Fsp3) is 0.688. The molecule has 0 unspecified atom stereocenters. The van der Waals surface area contributed by atoms with Crippen LogP contribution in [-0.2, 0) is 0 Å². The van der Waals surface area contributed by atoms with Gasteiger partial charge in [-0.2, -0.15) is 0 Å². The summed E-state index contributed by atoms with van der Waals surface area (Å²) < 4.78 is 19.7. The summed E-state index contributed by atoms with van der Waals surface area (Å²) in [5, 5.41) is 2.65. The fourth-order valence-electron chi connectivity index (χ4n) is 4.93. The third-order valence-corrected chi connectivity index (χ3v) is 29.0. The molecule has 2 heterocycles. The van der Waals surface area contributed by atoms with E-state index in [1.165, 1.54) is 71.5 Å². The van der Waals surface area contributed by atoms with Crippen LogP contribution in [0.4, 0.5) is 0 Å². The molecular weight excluding hydrogens is 718 g/mol. The number of rotatable bonds is 16. The average Bonchev–Trinajstić information content (AvgIpc) is 3.50. The summed E-state index contributed by atoms with van der Waals surface area (Å²) in [4.78, 5) is 15.2. The second-order valence-corrected chi connectivity index (χ2v) is 46.3. The van der Waals surface area contributed by atoms with Crippen LogP contribution in [0.3, 0.4) is 0 Å². The van der Waals surface area contributed by atoms with Gasteiger partial charge >= 0.3 is 252 Å². The Balaban J connectivity index is 2.18. The van der Waals surface area contributed by atoms with Gasteiger partial charge in [-0.1, -0.05) is 0 Å². The number of unbranched alkanes of at least 4 members (excludes halogenated alkanes) is 2. The Morgan fingerprint density at radius 1 is 0.632 bits per heavy atom. The van der Waals surface area contributed by atoms with Gasteiger partial charge in [0, 0.05) is 0 Å². The molecule has 0 bridgehead atoms. The molecule has 2 nitrogen and oxygen atoms in total. The number of benzene rings is 1. The van der Waals surface area contributed by atoms with Crippen LogP contribution in [-0.4, -0.2) is 50.0 Å². The second kappa shape index (κ2) is 14.5. The van der Waals surface area contributed by atoms with Gasteiger partial charge in [0.15, 0.2) is 0 Å². The quantitative estimate of drug-likeness (QED) is 0.135. The summed E-state index contributed by atoms with van der Waals surface area (Å²) in [7, 11) is 0. The Labute approximate surface area is 250 Å². The molecule has 2 aromatic heterocycles. The van der Waals surface area contributed by atoms with Crippen molar-refractivity contribution < 1.29 is 9.47 Å². The van der Waals surface area contributed by atoms with E-state index in [-0.39, 0.29) is 0 Å².